The van der Waals surface area contributed by atoms with Crippen LogP contribution >= 0.6 is 11.3 Å². The second kappa shape index (κ2) is 7.25. The van der Waals surface area contributed by atoms with Crippen LogP contribution in [0.1, 0.15) is 23.7 Å². The molecule has 0 N–H and O–H groups in total. The first kappa shape index (κ1) is 17.3. The van der Waals surface area contributed by atoms with Crippen LogP contribution in [0.4, 0.5) is 0 Å². The van der Waals surface area contributed by atoms with Gasteiger partial charge in [0.2, 0.25) is 5.91 Å². The minimum absolute atomic E-state index is 0.100. The lowest BCUT2D eigenvalue weighted by Crippen LogP contribution is -2.27. The van der Waals surface area contributed by atoms with Crippen molar-refractivity contribution in [2.75, 3.05) is 7.05 Å². The standard InChI is InChI=1S/C21H18N4OS/c1-14(21-24-18-9-5-6-10-19(18)27-21)25(2)20(26)12-11-15-13-22-16-7-3-4-8-17(16)23-15/h3-14H,1-2H3/b12-11-/t14-/m1/s1. The fraction of sp³-hybridized carbons (Fsp3) is 0.143. The van der Waals surface area contributed by atoms with Gasteiger partial charge in [-0.2, -0.15) is 0 Å². The Bertz CT molecular complexity index is 1120. The summed E-state index contributed by atoms with van der Waals surface area (Å²) in [6, 6.07) is 15.6. The van der Waals surface area contributed by atoms with Gasteiger partial charge in [-0.1, -0.05) is 24.3 Å². The zero-order valence-electron chi connectivity index (χ0n) is 15.0. The number of fused-ring (bicyclic) bond motifs is 2. The van der Waals surface area contributed by atoms with Crippen LogP contribution in [-0.2, 0) is 4.79 Å². The number of amides is 1. The Morgan fingerprint density at radius 3 is 2.52 bits per heavy atom. The molecule has 0 aliphatic rings. The number of carbonyl (C=O) groups is 1. The molecule has 5 nitrogen and oxygen atoms in total. The molecule has 134 valence electrons. The van der Waals surface area contributed by atoms with Crippen molar-refractivity contribution >= 4 is 44.6 Å². The molecular weight excluding hydrogens is 356 g/mol. The van der Waals surface area contributed by atoms with E-state index in [-0.39, 0.29) is 11.9 Å². The SMILES string of the molecule is C[C@H](c1nc2ccccc2s1)N(C)C(=O)/C=C\c1cnc2ccccc2n1. The summed E-state index contributed by atoms with van der Waals surface area (Å²) in [4.78, 5) is 27.8. The summed E-state index contributed by atoms with van der Waals surface area (Å²) in [5.74, 6) is -0.100. The average Bonchev–Trinajstić information content (AvgIpc) is 3.15. The number of likely N-dealkylation sites (N-methyl/N-ethyl adjacent to an activating group) is 1. The summed E-state index contributed by atoms with van der Waals surface area (Å²) in [5.41, 5.74) is 3.26. The van der Waals surface area contributed by atoms with Crippen molar-refractivity contribution < 1.29 is 4.79 Å². The molecule has 27 heavy (non-hydrogen) atoms. The molecule has 1 atom stereocenters. The Morgan fingerprint density at radius 1 is 1.04 bits per heavy atom. The molecule has 0 radical (unpaired) electrons. The lowest BCUT2D eigenvalue weighted by atomic mass is 10.2. The lowest BCUT2D eigenvalue weighted by molar-refractivity contribution is -0.126. The first-order chi connectivity index (χ1) is 13.1. The number of para-hydroxylation sites is 3. The third-order valence-corrected chi connectivity index (χ3v) is 5.67. The predicted octanol–water partition coefficient (Wildman–Crippen LogP) is 4.47. The summed E-state index contributed by atoms with van der Waals surface area (Å²) in [7, 11) is 1.79. The highest BCUT2D eigenvalue weighted by Gasteiger charge is 2.19. The van der Waals surface area contributed by atoms with E-state index in [9.17, 15) is 4.79 Å². The molecule has 0 saturated carbocycles. The molecule has 2 aromatic carbocycles. The van der Waals surface area contributed by atoms with Crippen molar-refractivity contribution in [3.05, 3.63) is 71.5 Å². The monoisotopic (exact) mass is 374 g/mol. The van der Waals surface area contributed by atoms with Crippen LogP contribution in [0.25, 0.3) is 27.3 Å². The number of nitrogens with zero attached hydrogens (tertiary/aromatic N) is 4. The maximum absolute atomic E-state index is 12.6. The molecule has 6 heteroatoms. The van der Waals surface area contributed by atoms with Crippen LogP contribution < -0.4 is 0 Å². The van der Waals surface area contributed by atoms with Crippen LogP contribution in [0.2, 0.25) is 0 Å². The van der Waals surface area contributed by atoms with E-state index in [1.54, 1.807) is 35.6 Å². The lowest BCUT2D eigenvalue weighted by Gasteiger charge is -2.21. The summed E-state index contributed by atoms with van der Waals surface area (Å²) < 4.78 is 1.13. The number of carbonyl (C=O) groups excluding carboxylic acids is 1. The number of benzene rings is 2. The van der Waals surface area contributed by atoms with Gasteiger partial charge in [-0.3, -0.25) is 9.78 Å². The van der Waals surface area contributed by atoms with Crippen molar-refractivity contribution in [2.24, 2.45) is 0 Å². The molecule has 2 aromatic heterocycles. The smallest absolute Gasteiger partial charge is 0.246 e. The van der Waals surface area contributed by atoms with Gasteiger partial charge >= 0.3 is 0 Å². The van der Waals surface area contributed by atoms with Gasteiger partial charge in [-0.25, -0.2) is 9.97 Å². The Labute approximate surface area is 161 Å². The Morgan fingerprint density at radius 2 is 1.74 bits per heavy atom. The Balaban J connectivity index is 1.51. The van der Waals surface area contributed by atoms with E-state index in [2.05, 4.69) is 15.0 Å². The van der Waals surface area contributed by atoms with Crippen molar-refractivity contribution in [1.82, 2.24) is 19.9 Å². The molecule has 4 aromatic rings. The van der Waals surface area contributed by atoms with Gasteiger partial charge in [0.25, 0.3) is 0 Å². The minimum Gasteiger partial charge on any atom is -0.333 e. The van der Waals surface area contributed by atoms with Crippen molar-refractivity contribution in [2.45, 2.75) is 13.0 Å². The molecular formula is C21H18N4OS. The second-order valence-electron chi connectivity index (χ2n) is 6.26. The Hall–Kier alpha value is -3.12. The summed E-state index contributed by atoms with van der Waals surface area (Å²) in [5, 5.41) is 0.922. The highest BCUT2D eigenvalue weighted by atomic mass is 32.1. The predicted molar refractivity (Wildman–Crippen MR) is 109 cm³/mol. The van der Waals surface area contributed by atoms with Crippen molar-refractivity contribution in [3.63, 3.8) is 0 Å². The second-order valence-corrected chi connectivity index (χ2v) is 7.32. The molecule has 0 unspecified atom stereocenters. The molecule has 0 fully saturated rings. The minimum atomic E-state index is -0.109. The van der Waals surface area contributed by atoms with Crippen molar-refractivity contribution in [3.8, 4) is 0 Å². The van der Waals surface area contributed by atoms with Crippen LogP contribution in [0, 0.1) is 0 Å². The van der Waals surface area contributed by atoms with E-state index in [1.807, 2.05) is 55.5 Å². The van der Waals surface area contributed by atoms with Gasteiger partial charge in [0.05, 0.1) is 39.2 Å². The van der Waals surface area contributed by atoms with Crippen LogP contribution in [-0.4, -0.2) is 32.8 Å². The number of hydrogen-bond acceptors (Lipinski definition) is 5. The number of rotatable bonds is 4. The third kappa shape index (κ3) is 3.57. The first-order valence-corrected chi connectivity index (χ1v) is 9.45. The normalized spacial score (nSPS) is 12.7. The van der Waals surface area contributed by atoms with E-state index < -0.39 is 0 Å². The van der Waals surface area contributed by atoms with Crippen LogP contribution in [0.15, 0.2) is 60.8 Å². The number of aromatic nitrogens is 3. The fourth-order valence-corrected chi connectivity index (χ4v) is 3.81. The summed E-state index contributed by atoms with van der Waals surface area (Å²) in [6.45, 7) is 1.99. The van der Waals surface area contributed by atoms with Gasteiger partial charge in [-0.15, -0.1) is 11.3 Å². The maximum atomic E-state index is 12.6. The van der Waals surface area contributed by atoms with Gasteiger partial charge in [0.1, 0.15) is 5.01 Å². The van der Waals surface area contributed by atoms with Crippen LogP contribution in [0.3, 0.4) is 0 Å². The van der Waals surface area contributed by atoms with E-state index in [0.717, 1.165) is 26.3 Å². The number of hydrogen-bond donors (Lipinski definition) is 0. The largest absolute Gasteiger partial charge is 0.333 e. The highest BCUT2D eigenvalue weighted by Crippen LogP contribution is 2.28. The van der Waals surface area contributed by atoms with Gasteiger partial charge in [-0.05, 0) is 37.3 Å². The van der Waals surface area contributed by atoms with Gasteiger partial charge < -0.3 is 4.90 Å². The first-order valence-electron chi connectivity index (χ1n) is 8.64. The zero-order valence-corrected chi connectivity index (χ0v) is 15.9. The highest BCUT2D eigenvalue weighted by molar-refractivity contribution is 7.18. The fourth-order valence-electron chi connectivity index (χ4n) is 2.75. The molecule has 0 bridgehead atoms. The molecule has 0 aliphatic carbocycles. The molecule has 0 spiro atoms. The molecule has 0 aliphatic heterocycles. The topological polar surface area (TPSA) is 59.0 Å². The molecule has 2 heterocycles. The van der Waals surface area contributed by atoms with E-state index >= 15 is 0 Å². The van der Waals surface area contributed by atoms with E-state index in [4.69, 9.17) is 0 Å². The summed E-state index contributed by atoms with van der Waals surface area (Å²) >= 11 is 1.62. The van der Waals surface area contributed by atoms with Crippen molar-refractivity contribution in [1.29, 1.82) is 0 Å². The molecule has 0 saturated heterocycles. The van der Waals surface area contributed by atoms with E-state index in [0.29, 0.717) is 5.69 Å². The van der Waals surface area contributed by atoms with E-state index in [1.165, 1.54) is 6.08 Å². The molecule has 4 rings (SSSR count). The number of thiazole rings is 1. The Kier molecular flexibility index (Phi) is 4.64. The quantitative estimate of drug-likeness (QED) is 0.495. The maximum Gasteiger partial charge on any atom is 0.246 e. The van der Waals surface area contributed by atoms with Gasteiger partial charge in [0, 0.05) is 13.1 Å². The van der Waals surface area contributed by atoms with Crippen LogP contribution in [0.5, 0.6) is 0 Å². The zero-order chi connectivity index (χ0) is 18.8. The van der Waals surface area contributed by atoms with Gasteiger partial charge in [0.15, 0.2) is 0 Å². The average molecular weight is 374 g/mol. The molecule has 1 amide bonds. The third-order valence-electron chi connectivity index (χ3n) is 4.46. The summed E-state index contributed by atoms with van der Waals surface area (Å²) in [6.07, 6.45) is 4.90.